The molecular weight excluding hydrogens is 210 g/mol. The van der Waals surface area contributed by atoms with Gasteiger partial charge in [-0.2, -0.15) is 5.48 Å². The Labute approximate surface area is 103 Å². The Balaban J connectivity index is 1.53. The summed E-state index contributed by atoms with van der Waals surface area (Å²) in [6, 6.07) is 9.29. The largest absolute Gasteiger partial charge is 0.298 e. The summed E-state index contributed by atoms with van der Waals surface area (Å²) < 4.78 is 0. The van der Waals surface area contributed by atoms with Crippen LogP contribution in [0.5, 0.6) is 0 Å². The van der Waals surface area contributed by atoms with E-state index in [9.17, 15) is 0 Å². The van der Waals surface area contributed by atoms with Crippen molar-refractivity contribution in [2.24, 2.45) is 0 Å². The first-order chi connectivity index (χ1) is 8.42. The zero-order valence-electron chi connectivity index (χ0n) is 10.3. The molecule has 1 aromatic carbocycles. The van der Waals surface area contributed by atoms with Gasteiger partial charge in [-0.25, -0.2) is 0 Å². The number of hydrogen-bond acceptors (Lipinski definition) is 2. The monoisotopic (exact) mass is 231 g/mol. The first kappa shape index (κ1) is 11.2. The maximum absolute atomic E-state index is 5.81. The third kappa shape index (κ3) is 2.70. The molecule has 1 fully saturated rings. The summed E-state index contributed by atoms with van der Waals surface area (Å²) in [6.07, 6.45) is 9.09. The quantitative estimate of drug-likeness (QED) is 0.807. The van der Waals surface area contributed by atoms with Crippen molar-refractivity contribution in [3.63, 3.8) is 0 Å². The summed E-state index contributed by atoms with van der Waals surface area (Å²) in [4.78, 5) is 5.81. The lowest BCUT2D eigenvalue weighted by molar-refractivity contribution is -0.0422. The van der Waals surface area contributed by atoms with Crippen molar-refractivity contribution >= 4 is 0 Å². The third-order valence-corrected chi connectivity index (χ3v) is 4.05. The van der Waals surface area contributed by atoms with Crippen molar-refractivity contribution in [1.29, 1.82) is 0 Å². The van der Waals surface area contributed by atoms with Gasteiger partial charge in [-0.05, 0) is 43.2 Å². The van der Waals surface area contributed by atoms with Gasteiger partial charge in [0.25, 0.3) is 0 Å². The van der Waals surface area contributed by atoms with E-state index in [4.69, 9.17) is 4.84 Å². The Morgan fingerprint density at radius 1 is 1.00 bits per heavy atom. The molecule has 2 aliphatic carbocycles. The van der Waals surface area contributed by atoms with Crippen molar-refractivity contribution in [1.82, 2.24) is 5.48 Å². The summed E-state index contributed by atoms with van der Waals surface area (Å²) in [5.74, 6) is 0. The maximum Gasteiger partial charge on any atom is 0.0790 e. The van der Waals surface area contributed by atoms with E-state index in [2.05, 4.69) is 29.7 Å². The van der Waals surface area contributed by atoms with Gasteiger partial charge in [-0.1, -0.05) is 37.1 Å². The van der Waals surface area contributed by atoms with E-state index in [1.54, 1.807) is 0 Å². The minimum Gasteiger partial charge on any atom is -0.298 e. The lowest BCUT2D eigenvalue weighted by atomic mass is 9.89. The molecule has 0 aromatic heterocycles. The molecule has 0 bridgehead atoms. The zero-order chi connectivity index (χ0) is 11.5. The normalized spacial score (nSPS) is 24.8. The second-order valence-electron chi connectivity index (χ2n) is 5.35. The topological polar surface area (TPSA) is 21.3 Å². The SMILES string of the molecule is c1ccc2c(c1)CCC(NOC1CCCC1)C2. The molecule has 1 aromatic rings. The standard InChI is InChI=1S/C15H21NO/c1-2-6-13-11-14(10-9-12(13)5-1)16-17-15-7-3-4-8-15/h1-2,5-6,14-16H,3-4,7-11H2. The molecule has 1 atom stereocenters. The van der Waals surface area contributed by atoms with Gasteiger partial charge in [-0.3, -0.25) is 4.84 Å². The number of benzene rings is 1. The second-order valence-corrected chi connectivity index (χ2v) is 5.35. The van der Waals surface area contributed by atoms with E-state index >= 15 is 0 Å². The first-order valence-corrected chi connectivity index (χ1v) is 6.90. The predicted octanol–water partition coefficient (Wildman–Crippen LogP) is 3.01. The molecule has 2 aliphatic rings. The molecule has 1 saturated carbocycles. The van der Waals surface area contributed by atoms with Gasteiger partial charge in [0.05, 0.1) is 6.10 Å². The zero-order valence-corrected chi connectivity index (χ0v) is 10.3. The van der Waals surface area contributed by atoms with E-state index in [0.29, 0.717) is 12.1 Å². The lowest BCUT2D eigenvalue weighted by Crippen LogP contribution is -2.36. The number of rotatable bonds is 3. The molecule has 2 heteroatoms. The Hall–Kier alpha value is -0.860. The van der Waals surface area contributed by atoms with Gasteiger partial charge in [0.15, 0.2) is 0 Å². The molecule has 2 nitrogen and oxygen atoms in total. The summed E-state index contributed by atoms with van der Waals surface area (Å²) in [5.41, 5.74) is 6.32. The van der Waals surface area contributed by atoms with E-state index in [0.717, 1.165) is 6.42 Å². The average Bonchev–Trinajstić information content (AvgIpc) is 2.89. The molecule has 17 heavy (non-hydrogen) atoms. The number of hydroxylamine groups is 1. The highest BCUT2D eigenvalue weighted by molar-refractivity contribution is 5.30. The number of nitrogens with one attached hydrogen (secondary N) is 1. The third-order valence-electron chi connectivity index (χ3n) is 4.05. The molecule has 0 spiro atoms. The minimum atomic E-state index is 0.465. The first-order valence-electron chi connectivity index (χ1n) is 6.90. The van der Waals surface area contributed by atoms with E-state index in [1.807, 2.05) is 0 Å². The Kier molecular flexibility index (Phi) is 3.44. The van der Waals surface area contributed by atoms with Gasteiger partial charge < -0.3 is 0 Å². The predicted molar refractivity (Wildman–Crippen MR) is 68.7 cm³/mol. The summed E-state index contributed by atoms with van der Waals surface area (Å²) >= 11 is 0. The highest BCUT2D eigenvalue weighted by atomic mass is 16.7. The molecular formula is C15H21NO. The highest BCUT2D eigenvalue weighted by Crippen LogP contribution is 2.23. The average molecular weight is 231 g/mol. The van der Waals surface area contributed by atoms with Gasteiger partial charge >= 0.3 is 0 Å². The number of hydrogen-bond donors (Lipinski definition) is 1. The van der Waals surface area contributed by atoms with Crippen molar-refractivity contribution in [3.8, 4) is 0 Å². The molecule has 0 heterocycles. The van der Waals surface area contributed by atoms with Crippen molar-refractivity contribution in [2.75, 3.05) is 0 Å². The van der Waals surface area contributed by atoms with Crippen LogP contribution in [0.2, 0.25) is 0 Å². The summed E-state index contributed by atoms with van der Waals surface area (Å²) in [5, 5.41) is 0. The second kappa shape index (κ2) is 5.19. The molecule has 0 aliphatic heterocycles. The fourth-order valence-electron chi connectivity index (χ4n) is 3.00. The maximum atomic E-state index is 5.81. The van der Waals surface area contributed by atoms with Crippen LogP contribution in [-0.4, -0.2) is 12.1 Å². The van der Waals surface area contributed by atoms with Crippen LogP contribution in [0, 0.1) is 0 Å². The van der Waals surface area contributed by atoms with Crippen LogP contribution in [0.25, 0.3) is 0 Å². The summed E-state index contributed by atoms with van der Waals surface area (Å²) in [7, 11) is 0. The van der Waals surface area contributed by atoms with Crippen LogP contribution in [0.3, 0.4) is 0 Å². The van der Waals surface area contributed by atoms with Crippen molar-refractivity contribution in [2.45, 2.75) is 57.1 Å². The van der Waals surface area contributed by atoms with Crippen LogP contribution >= 0.6 is 0 Å². The van der Waals surface area contributed by atoms with Gasteiger partial charge in [-0.15, -0.1) is 0 Å². The Morgan fingerprint density at radius 2 is 1.76 bits per heavy atom. The van der Waals surface area contributed by atoms with Crippen LogP contribution in [0.1, 0.15) is 43.2 Å². The summed E-state index contributed by atoms with van der Waals surface area (Å²) in [6.45, 7) is 0. The molecule has 92 valence electrons. The van der Waals surface area contributed by atoms with Gasteiger partial charge in [0, 0.05) is 6.04 Å². The van der Waals surface area contributed by atoms with Crippen LogP contribution < -0.4 is 5.48 Å². The van der Waals surface area contributed by atoms with Gasteiger partial charge in [0.2, 0.25) is 0 Å². The smallest absolute Gasteiger partial charge is 0.0790 e. The van der Waals surface area contributed by atoms with E-state index in [-0.39, 0.29) is 0 Å². The fourth-order valence-corrected chi connectivity index (χ4v) is 3.00. The molecule has 1 N–H and O–H groups in total. The Bertz CT molecular complexity index is 371. The molecule has 0 radical (unpaired) electrons. The number of aryl methyl sites for hydroxylation is 1. The molecule has 0 saturated heterocycles. The Morgan fingerprint density at radius 3 is 2.59 bits per heavy atom. The minimum absolute atomic E-state index is 0.465. The van der Waals surface area contributed by atoms with Crippen LogP contribution in [0.15, 0.2) is 24.3 Å². The van der Waals surface area contributed by atoms with Crippen LogP contribution in [-0.2, 0) is 17.7 Å². The highest BCUT2D eigenvalue weighted by Gasteiger charge is 2.21. The van der Waals surface area contributed by atoms with Crippen molar-refractivity contribution in [3.05, 3.63) is 35.4 Å². The number of fused-ring (bicyclic) bond motifs is 1. The molecule has 1 unspecified atom stereocenters. The van der Waals surface area contributed by atoms with Crippen molar-refractivity contribution < 1.29 is 4.84 Å². The molecule has 3 rings (SSSR count). The molecule has 0 amide bonds. The van der Waals surface area contributed by atoms with E-state index < -0.39 is 0 Å². The lowest BCUT2D eigenvalue weighted by Gasteiger charge is -2.26. The van der Waals surface area contributed by atoms with Gasteiger partial charge in [0.1, 0.15) is 0 Å². The van der Waals surface area contributed by atoms with E-state index in [1.165, 1.54) is 49.7 Å². The van der Waals surface area contributed by atoms with Crippen LogP contribution in [0.4, 0.5) is 0 Å². The fraction of sp³-hybridized carbons (Fsp3) is 0.600.